The summed E-state index contributed by atoms with van der Waals surface area (Å²) in [5.41, 5.74) is 3.04. The first-order valence-corrected chi connectivity index (χ1v) is 9.35. The number of hydrogen-bond donors (Lipinski definition) is 1. The quantitative estimate of drug-likeness (QED) is 0.759. The molecule has 0 amide bonds. The van der Waals surface area contributed by atoms with E-state index in [4.69, 9.17) is 4.74 Å². The fourth-order valence-corrected chi connectivity index (χ4v) is 3.91. The van der Waals surface area contributed by atoms with E-state index in [9.17, 15) is 4.39 Å². The van der Waals surface area contributed by atoms with Gasteiger partial charge in [0.05, 0.1) is 18.9 Å². The molecule has 0 spiro atoms. The minimum atomic E-state index is -0.205. The van der Waals surface area contributed by atoms with E-state index in [1.165, 1.54) is 6.07 Å². The normalized spacial score (nSPS) is 16.5. The maximum atomic E-state index is 13.9. The van der Waals surface area contributed by atoms with Gasteiger partial charge in [0.15, 0.2) is 4.96 Å². The summed E-state index contributed by atoms with van der Waals surface area (Å²) in [6.07, 6.45) is 4.03. The molecule has 0 saturated carbocycles. The van der Waals surface area contributed by atoms with E-state index >= 15 is 0 Å². The molecule has 7 heteroatoms. The summed E-state index contributed by atoms with van der Waals surface area (Å²) in [7, 11) is 0. The summed E-state index contributed by atoms with van der Waals surface area (Å²) >= 11 is 1.62. The molecular weight excluding hydrogens is 339 g/mol. The fraction of sp³-hybridized carbons (Fsp3) is 0.389. The van der Waals surface area contributed by atoms with Gasteiger partial charge in [0.2, 0.25) is 0 Å². The predicted molar refractivity (Wildman–Crippen MR) is 97.8 cm³/mol. The maximum absolute atomic E-state index is 13.9. The lowest BCUT2D eigenvalue weighted by Crippen LogP contribution is -2.37. The summed E-state index contributed by atoms with van der Waals surface area (Å²) in [4.78, 5) is 7.84. The molecule has 2 aromatic heterocycles. The Morgan fingerprint density at radius 2 is 2.20 bits per heavy atom. The summed E-state index contributed by atoms with van der Waals surface area (Å²) in [5.74, 6) is -0.205. The van der Waals surface area contributed by atoms with Crippen molar-refractivity contribution in [1.82, 2.24) is 14.7 Å². The molecule has 0 aliphatic carbocycles. The van der Waals surface area contributed by atoms with Crippen LogP contribution in [-0.2, 0) is 11.3 Å². The zero-order valence-electron chi connectivity index (χ0n) is 14.1. The number of rotatable bonds is 5. The molecule has 1 aliphatic rings. The van der Waals surface area contributed by atoms with Crippen LogP contribution in [0.2, 0.25) is 0 Å². The first-order chi connectivity index (χ1) is 12.2. The van der Waals surface area contributed by atoms with Gasteiger partial charge < -0.3 is 15.0 Å². The van der Waals surface area contributed by atoms with Gasteiger partial charge in [-0.25, -0.2) is 9.37 Å². The smallest absolute Gasteiger partial charge is 0.193 e. The van der Waals surface area contributed by atoms with Crippen molar-refractivity contribution in [2.45, 2.75) is 19.5 Å². The number of hydrogen-bond acceptors (Lipinski definition) is 5. The Balaban J connectivity index is 1.51. The van der Waals surface area contributed by atoms with Gasteiger partial charge in [-0.15, -0.1) is 11.3 Å². The summed E-state index contributed by atoms with van der Waals surface area (Å²) in [6.45, 7) is 5.81. The Bertz CT molecular complexity index is 827. The van der Waals surface area contributed by atoms with Crippen molar-refractivity contribution in [3.8, 4) is 0 Å². The number of imidazole rings is 1. The number of halogens is 1. The lowest BCUT2D eigenvalue weighted by atomic mass is 10.0. The molecule has 132 valence electrons. The van der Waals surface area contributed by atoms with Crippen molar-refractivity contribution in [2.75, 3.05) is 31.2 Å². The monoisotopic (exact) mass is 360 g/mol. The molecule has 1 atom stereocenters. The van der Waals surface area contributed by atoms with E-state index < -0.39 is 0 Å². The van der Waals surface area contributed by atoms with Crippen LogP contribution < -0.4 is 10.2 Å². The number of benzene rings is 1. The Morgan fingerprint density at radius 1 is 1.36 bits per heavy atom. The third-order valence-corrected chi connectivity index (χ3v) is 5.31. The highest BCUT2D eigenvalue weighted by atomic mass is 32.1. The van der Waals surface area contributed by atoms with Crippen LogP contribution in [0.5, 0.6) is 0 Å². The Hall–Kier alpha value is -1.96. The van der Waals surface area contributed by atoms with Crippen molar-refractivity contribution in [2.24, 2.45) is 0 Å². The van der Waals surface area contributed by atoms with E-state index in [1.807, 2.05) is 28.2 Å². The van der Waals surface area contributed by atoms with Crippen LogP contribution in [0.15, 0.2) is 36.0 Å². The van der Waals surface area contributed by atoms with Gasteiger partial charge in [-0.2, -0.15) is 0 Å². The third-order valence-electron chi connectivity index (χ3n) is 4.54. The highest BCUT2D eigenvalue weighted by Crippen LogP contribution is 2.28. The molecule has 0 bridgehead atoms. The standard InChI is InChI=1S/C18H21FN4OS/c1-13(20-11-15-12-23-6-9-25-18(23)21-15)16-10-14(19)2-3-17(16)22-4-7-24-8-5-22/h2-3,6,9-10,12-13,20H,4-5,7-8,11H2,1H3. The second kappa shape index (κ2) is 7.11. The maximum Gasteiger partial charge on any atom is 0.193 e. The number of thiazole rings is 1. The Labute approximate surface area is 150 Å². The van der Waals surface area contributed by atoms with Crippen LogP contribution in [0.25, 0.3) is 4.96 Å². The molecule has 0 radical (unpaired) electrons. The van der Waals surface area contributed by atoms with Gasteiger partial charge in [-0.1, -0.05) is 0 Å². The first-order valence-electron chi connectivity index (χ1n) is 8.47. The van der Waals surface area contributed by atoms with E-state index in [1.54, 1.807) is 17.4 Å². The van der Waals surface area contributed by atoms with Crippen LogP contribution in [0.1, 0.15) is 24.2 Å². The largest absolute Gasteiger partial charge is 0.378 e. The van der Waals surface area contributed by atoms with Crippen LogP contribution in [-0.4, -0.2) is 35.7 Å². The number of fused-ring (bicyclic) bond motifs is 1. The van der Waals surface area contributed by atoms with E-state index in [0.717, 1.165) is 35.0 Å². The fourth-order valence-electron chi connectivity index (χ4n) is 3.19. The van der Waals surface area contributed by atoms with Crippen LogP contribution in [0.3, 0.4) is 0 Å². The molecule has 1 saturated heterocycles. The lowest BCUT2D eigenvalue weighted by Gasteiger charge is -2.32. The van der Waals surface area contributed by atoms with Crippen molar-refractivity contribution < 1.29 is 9.13 Å². The molecule has 4 rings (SSSR count). The van der Waals surface area contributed by atoms with Crippen molar-refractivity contribution in [1.29, 1.82) is 0 Å². The van der Waals surface area contributed by atoms with Crippen molar-refractivity contribution in [3.05, 3.63) is 53.0 Å². The molecule has 3 heterocycles. The van der Waals surface area contributed by atoms with Gasteiger partial charge in [0.25, 0.3) is 0 Å². The zero-order chi connectivity index (χ0) is 17.2. The van der Waals surface area contributed by atoms with E-state index in [0.29, 0.717) is 19.8 Å². The van der Waals surface area contributed by atoms with Crippen molar-refractivity contribution in [3.63, 3.8) is 0 Å². The van der Waals surface area contributed by atoms with Gasteiger partial charge in [0.1, 0.15) is 5.82 Å². The van der Waals surface area contributed by atoms with Gasteiger partial charge >= 0.3 is 0 Å². The minimum Gasteiger partial charge on any atom is -0.378 e. The average molecular weight is 360 g/mol. The van der Waals surface area contributed by atoms with Gasteiger partial charge in [-0.3, -0.25) is 4.40 Å². The summed E-state index contributed by atoms with van der Waals surface area (Å²) in [5, 5.41) is 5.49. The molecule has 1 aromatic carbocycles. The van der Waals surface area contributed by atoms with Crippen molar-refractivity contribution >= 4 is 22.0 Å². The number of aromatic nitrogens is 2. The van der Waals surface area contributed by atoms with Crippen LogP contribution >= 0.6 is 11.3 Å². The molecule has 1 aliphatic heterocycles. The molecule has 3 aromatic rings. The number of anilines is 1. The summed E-state index contributed by atoms with van der Waals surface area (Å²) in [6, 6.07) is 5.06. The topological polar surface area (TPSA) is 41.8 Å². The number of nitrogens with zero attached hydrogens (tertiary/aromatic N) is 3. The molecule has 1 unspecified atom stereocenters. The molecule has 1 N–H and O–H groups in total. The highest BCUT2D eigenvalue weighted by Gasteiger charge is 2.19. The van der Waals surface area contributed by atoms with Crippen LogP contribution in [0.4, 0.5) is 10.1 Å². The summed E-state index contributed by atoms with van der Waals surface area (Å²) < 4.78 is 21.3. The Morgan fingerprint density at radius 3 is 3.00 bits per heavy atom. The number of ether oxygens (including phenoxy) is 1. The second-order valence-corrected chi connectivity index (χ2v) is 7.10. The SMILES string of the molecule is CC(NCc1cn2ccsc2n1)c1cc(F)ccc1N1CCOCC1. The lowest BCUT2D eigenvalue weighted by molar-refractivity contribution is 0.122. The van der Waals surface area contributed by atoms with E-state index in [-0.39, 0.29) is 11.9 Å². The molecule has 25 heavy (non-hydrogen) atoms. The molecule has 1 fully saturated rings. The van der Waals surface area contributed by atoms with E-state index in [2.05, 4.69) is 22.1 Å². The minimum absolute atomic E-state index is 0.0216. The average Bonchev–Trinajstić information content (AvgIpc) is 3.22. The molecular formula is C18H21FN4OS. The zero-order valence-corrected chi connectivity index (χ0v) is 14.9. The number of morpholine rings is 1. The first kappa shape index (κ1) is 16.5. The molecule has 5 nitrogen and oxygen atoms in total. The number of nitrogens with one attached hydrogen (secondary N) is 1. The highest BCUT2D eigenvalue weighted by molar-refractivity contribution is 7.15. The second-order valence-electron chi connectivity index (χ2n) is 6.23. The predicted octanol–water partition coefficient (Wildman–Crippen LogP) is 3.22. The third kappa shape index (κ3) is 3.53. The Kier molecular flexibility index (Phi) is 4.70. The van der Waals surface area contributed by atoms with Crippen LogP contribution in [0, 0.1) is 5.82 Å². The van der Waals surface area contributed by atoms with Gasteiger partial charge in [-0.05, 0) is 30.7 Å². The van der Waals surface area contributed by atoms with Gasteiger partial charge in [0, 0.05) is 49.1 Å².